The summed E-state index contributed by atoms with van der Waals surface area (Å²) in [6.45, 7) is 2.49. The maximum Gasteiger partial charge on any atom is 0.243 e. The molecule has 1 aliphatic heterocycles. The molecule has 0 aromatic carbocycles. The highest BCUT2D eigenvalue weighted by atomic mass is 32.2. The van der Waals surface area contributed by atoms with E-state index >= 15 is 0 Å². The maximum absolute atomic E-state index is 12.1. The molecule has 0 aromatic rings. The fourth-order valence-electron chi connectivity index (χ4n) is 2.28. The number of imide groups is 1. The summed E-state index contributed by atoms with van der Waals surface area (Å²) in [5.41, 5.74) is -0.300. The number of methoxy groups -OCH3 is 1. The van der Waals surface area contributed by atoms with Gasteiger partial charge in [0.2, 0.25) is 11.8 Å². The second-order valence-corrected chi connectivity index (χ2v) is 5.85. The van der Waals surface area contributed by atoms with Crippen LogP contribution in [0.4, 0.5) is 0 Å². The van der Waals surface area contributed by atoms with Gasteiger partial charge in [0.1, 0.15) is 0 Å². The molecule has 0 bridgehead atoms. The van der Waals surface area contributed by atoms with Crippen LogP contribution < -0.4 is 0 Å². The fraction of sp³-hybridized carbons (Fsp3) is 0.818. The lowest BCUT2D eigenvalue weighted by molar-refractivity contribution is -0.143. The smallest absolute Gasteiger partial charge is 0.243 e. The Balaban J connectivity index is 2.10. The van der Waals surface area contributed by atoms with E-state index in [4.69, 9.17) is 4.74 Å². The van der Waals surface area contributed by atoms with Gasteiger partial charge in [0.25, 0.3) is 0 Å². The van der Waals surface area contributed by atoms with Crippen molar-refractivity contribution >= 4 is 23.6 Å². The van der Waals surface area contributed by atoms with Crippen molar-refractivity contribution in [1.29, 1.82) is 0 Å². The molecule has 16 heavy (non-hydrogen) atoms. The summed E-state index contributed by atoms with van der Waals surface area (Å²) in [5.74, 6) is 0.839. The van der Waals surface area contributed by atoms with E-state index in [9.17, 15) is 9.59 Å². The summed E-state index contributed by atoms with van der Waals surface area (Å²) in [5, 5.41) is -0.160. The first-order valence-electron chi connectivity index (χ1n) is 5.62. The number of ether oxygens (including phenoxy) is 1. The molecule has 2 rings (SSSR count). The topological polar surface area (TPSA) is 46.6 Å². The number of carbonyl (C=O) groups excluding carboxylic acids is 2. The van der Waals surface area contributed by atoms with Crippen molar-refractivity contribution in [3.05, 3.63) is 0 Å². The van der Waals surface area contributed by atoms with E-state index in [0.717, 1.165) is 18.6 Å². The van der Waals surface area contributed by atoms with E-state index in [-0.39, 0.29) is 22.6 Å². The molecule has 1 unspecified atom stereocenters. The molecular weight excluding hydrogens is 226 g/mol. The zero-order chi connectivity index (χ0) is 11.8. The molecule has 5 heteroatoms. The van der Waals surface area contributed by atoms with Gasteiger partial charge in [-0.3, -0.25) is 14.5 Å². The molecule has 1 saturated carbocycles. The van der Waals surface area contributed by atoms with Gasteiger partial charge in [-0.15, -0.1) is 11.8 Å². The van der Waals surface area contributed by atoms with Gasteiger partial charge in [-0.25, -0.2) is 0 Å². The van der Waals surface area contributed by atoms with E-state index in [1.807, 2.05) is 6.92 Å². The number of carbonyl (C=O) groups is 2. The number of hydrogen-bond acceptors (Lipinski definition) is 4. The minimum atomic E-state index is -0.300. The molecule has 1 saturated heterocycles. The maximum atomic E-state index is 12.1. The van der Waals surface area contributed by atoms with Gasteiger partial charge in [0.05, 0.1) is 17.4 Å². The summed E-state index contributed by atoms with van der Waals surface area (Å²) in [4.78, 5) is 25.4. The SMILES string of the molecule is CCSC1CC(=O)N(C2(COC)CC2)C1=O. The summed E-state index contributed by atoms with van der Waals surface area (Å²) in [6.07, 6.45) is 2.15. The van der Waals surface area contributed by atoms with Crippen molar-refractivity contribution in [2.75, 3.05) is 19.5 Å². The highest BCUT2D eigenvalue weighted by molar-refractivity contribution is 8.00. The molecular formula is C11H17NO3S. The van der Waals surface area contributed by atoms with E-state index < -0.39 is 0 Å². The number of hydrogen-bond donors (Lipinski definition) is 0. The molecule has 0 radical (unpaired) electrons. The standard InChI is InChI=1S/C11H17NO3S/c1-3-16-8-6-9(13)12(10(8)14)11(4-5-11)7-15-2/h8H,3-7H2,1-2H3. The average Bonchev–Trinajstić information content (AvgIpc) is 2.92. The fourth-order valence-corrected chi connectivity index (χ4v) is 3.19. The molecule has 90 valence electrons. The van der Waals surface area contributed by atoms with E-state index in [0.29, 0.717) is 13.0 Å². The zero-order valence-corrected chi connectivity index (χ0v) is 10.5. The van der Waals surface area contributed by atoms with Crippen LogP contribution in [0.5, 0.6) is 0 Å². The van der Waals surface area contributed by atoms with Crippen molar-refractivity contribution in [3.8, 4) is 0 Å². The van der Waals surface area contributed by atoms with Crippen LogP contribution in [0.1, 0.15) is 26.2 Å². The number of nitrogens with zero attached hydrogens (tertiary/aromatic N) is 1. The number of thioether (sulfide) groups is 1. The summed E-state index contributed by atoms with van der Waals surface area (Å²) in [6, 6.07) is 0. The lowest BCUT2D eigenvalue weighted by atomic mass is 10.2. The van der Waals surface area contributed by atoms with Gasteiger partial charge in [0, 0.05) is 13.5 Å². The van der Waals surface area contributed by atoms with Crippen molar-refractivity contribution in [2.45, 2.75) is 37.0 Å². The van der Waals surface area contributed by atoms with E-state index in [1.165, 1.54) is 4.90 Å². The Bertz CT molecular complexity index is 314. The molecule has 0 N–H and O–H groups in total. The predicted octanol–water partition coefficient (Wildman–Crippen LogP) is 1.05. The quantitative estimate of drug-likeness (QED) is 0.677. The first-order chi connectivity index (χ1) is 7.64. The van der Waals surface area contributed by atoms with Crippen LogP contribution in [0.3, 0.4) is 0 Å². The van der Waals surface area contributed by atoms with Crippen LogP contribution in [0.2, 0.25) is 0 Å². The van der Waals surface area contributed by atoms with Crippen LogP contribution in [-0.2, 0) is 14.3 Å². The Labute approximate surface area is 99.7 Å². The molecule has 1 atom stereocenters. The highest BCUT2D eigenvalue weighted by Gasteiger charge is 2.57. The van der Waals surface area contributed by atoms with Gasteiger partial charge >= 0.3 is 0 Å². The summed E-state index contributed by atoms with van der Waals surface area (Å²) < 4.78 is 5.12. The molecule has 2 amide bonds. The molecule has 1 aliphatic carbocycles. The monoisotopic (exact) mass is 243 g/mol. The van der Waals surface area contributed by atoms with Gasteiger partial charge in [-0.2, -0.15) is 0 Å². The van der Waals surface area contributed by atoms with Crippen molar-refractivity contribution < 1.29 is 14.3 Å². The lowest BCUT2D eigenvalue weighted by Gasteiger charge is -2.25. The first-order valence-corrected chi connectivity index (χ1v) is 6.67. The Morgan fingerprint density at radius 3 is 2.69 bits per heavy atom. The van der Waals surface area contributed by atoms with E-state index in [1.54, 1.807) is 18.9 Å². The van der Waals surface area contributed by atoms with Gasteiger partial charge in [-0.1, -0.05) is 6.92 Å². The number of amides is 2. The predicted molar refractivity (Wildman–Crippen MR) is 62.2 cm³/mol. The Kier molecular flexibility index (Phi) is 3.26. The minimum Gasteiger partial charge on any atom is -0.382 e. The Morgan fingerprint density at radius 2 is 2.19 bits per heavy atom. The highest BCUT2D eigenvalue weighted by Crippen LogP contribution is 2.45. The van der Waals surface area contributed by atoms with Crippen LogP contribution in [0.15, 0.2) is 0 Å². The van der Waals surface area contributed by atoms with Crippen LogP contribution in [0.25, 0.3) is 0 Å². The van der Waals surface area contributed by atoms with Crippen LogP contribution in [-0.4, -0.2) is 47.0 Å². The molecule has 0 spiro atoms. The molecule has 2 fully saturated rings. The Morgan fingerprint density at radius 1 is 1.50 bits per heavy atom. The zero-order valence-electron chi connectivity index (χ0n) is 9.69. The average molecular weight is 243 g/mol. The van der Waals surface area contributed by atoms with Crippen LogP contribution in [0, 0.1) is 0 Å². The third kappa shape index (κ3) is 1.86. The second kappa shape index (κ2) is 4.37. The van der Waals surface area contributed by atoms with Gasteiger partial charge in [-0.05, 0) is 18.6 Å². The largest absolute Gasteiger partial charge is 0.382 e. The molecule has 4 nitrogen and oxygen atoms in total. The minimum absolute atomic E-state index is 0.00796. The van der Waals surface area contributed by atoms with Gasteiger partial charge in [0.15, 0.2) is 0 Å². The third-order valence-corrected chi connectivity index (χ3v) is 4.29. The molecule has 1 heterocycles. The number of likely N-dealkylation sites (tertiary alicyclic amines) is 1. The first kappa shape index (κ1) is 11.9. The van der Waals surface area contributed by atoms with E-state index in [2.05, 4.69) is 0 Å². The van der Waals surface area contributed by atoms with Crippen LogP contribution >= 0.6 is 11.8 Å². The lowest BCUT2D eigenvalue weighted by Crippen LogP contribution is -2.45. The second-order valence-electron chi connectivity index (χ2n) is 4.37. The Hall–Kier alpha value is -0.550. The van der Waals surface area contributed by atoms with Gasteiger partial charge < -0.3 is 4.74 Å². The normalized spacial score (nSPS) is 27.6. The number of rotatable bonds is 5. The van der Waals surface area contributed by atoms with Crippen molar-refractivity contribution in [3.63, 3.8) is 0 Å². The van der Waals surface area contributed by atoms with Crippen molar-refractivity contribution in [1.82, 2.24) is 4.90 Å². The van der Waals surface area contributed by atoms with Crippen molar-refractivity contribution in [2.24, 2.45) is 0 Å². The molecule has 0 aromatic heterocycles. The third-order valence-electron chi connectivity index (χ3n) is 3.19. The summed E-state index contributed by atoms with van der Waals surface area (Å²) in [7, 11) is 1.61. The molecule has 2 aliphatic rings. The summed E-state index contributed by atoms with van der Waals surface area (Å²) >= 11 is 1.56.